The summed E-state index contributed by atoms with van der Waals surface area (Å²) in [6, 6.07) is 19.8. The molecular weight excluding hydrogens is 399 g/mol. The second-order valence-corrected chi connectivity index (χ2v) is 7.50. The maximum atomic E-state index is 13.6. The molecule has 3 aromatic carbocycles. The number of benzene rings is 3. The molecule has 1 aliphatic rings. The number of carbonyl (C=O) groups is 1. The molecule has 7 heteroatoms. The molecule has 0 aliphatic heterocycles. The number of hydrogen-bond donors (Lipinski definition) is 4. The van der Waals surface area contributed by atoms with Crippen LogP contribution in [0.1, 0.15) is 28.7 Å². The summed E-state index contributed by atoms with van der Waals surface area (Å²) in [5.74, 6) is -0.764. The first kappa shape index (κ1) is 20.8. The number of anilines is 1. The smallest absolute Gasteiger partial charge is 0.407 e. The van der Waals surface area contributed by atoms with Gasteiger partial charge in [-0.15, -0.1) is 0 Å². The standard InChI is InChI=1S/C24H23FN2O4/c25-20-11-14(9-10-21(20)26)23(29)22(28)12-27-24(30)31-13-19-17-7-3-1-5-15(17)16-6-2-4-8-18(16)19/h1-11,19,22-23,28-29H,12-13,26H2,(H,27,30). The highest BCUT2D eigenvalue weighted by atomic mass is 19.1. The quantitative estimate of drug-likeness (QED) is 0.456. The van der Waals surface area contributed by atoms with E-state index in [0.717, 1.165) is 28.3 Å². The summed E-state index contributed by atoms with van der Waals surface area (Å²) in [5, 5.41) is 22.8. The van der Waals surface area contributed by atoms with E-state index in [2.05, 4.69) is 5.32 Å². The summed E-state index contributed by atoms with van der Waals surface area (Å²) < 4.78 is 19.0. The topological polar surface area (TPSA) is 105 Å². The van der Waals surface area contributed by atoms with Crippen molar-refractivity contribution in [3.63, 3.8) is 0 Å². The van der Waals surface area contributed by atoms with Gasteiger partial charge >= 0.3 is 6.09 Å². The Morgan fingerprint density at radius 3 is 2.26 bits per heavy atom. The minimum Gasteiger partial charge on any atom is -0.449 e. The van der Waals surface area contributed by atoms with Crippen LogP contribution in [0.15, 0.2) is 66.7 Å². The van der Waals surface area contributed by atoms with E-state index in [9.17, 15) is 19.4 Å². The summed E-state index contributed by atoms with van der Waals surface area (Å²) in [6.07, 6.45) is -3.44. The first-order chi connectivity index (χ1) is 15.0. The number of rotatable bonds is 6. The zero-order valence-corrected chi connectivity index (χ0v) is 16.7. The molecule has 160 valence electrons. The molecule has 0 fully saturated rings. The molecule has 1 amide bonds. The molecule has 4 rings (SSSR count). The highest BCUT2D eigenvalue weighted by Crippen LogP contribution is 2.44. The van der Waals surface area contributed by atoms with Crippen molar-refractivity contribution in [3.8, 4) is 11.1 Å². The number of hydrogen-bond acceptors (Lipinski definition) is 5. The van der Waals surface area contributed by atoms with E-state index in [4.69, 9.17) is 10.5 Å². The highest BCUT2D eigenvalue weighted by molar-refractivity contribution is 5.79. The maximum absolute atomic E-state index is 13.6. The summed E-state index contributed by atoms with van der Waals surface area (Å²) in [4.78, 5) is 12.2. The van der Waals surface area contributed by atoms with Crippen LogP contribution < -0.4 is 11.1 Å². The SMILES string of the molecule is Nc1ccc(C(O)C(O)CNC(=O)OCC2c3ccccc3-c3ccccc32)cc1F. The number of nitrogens with two attached hydrogens (primary N) is 1. The molecule has 0 spiro atoms. The zero-order valence-electron chi connectivity index (χ0n) is 16.7. The van der Waals surface area contributed by atoms with Gasteiger partial charge in [0.05, 0.1) is 5.69 Å². The van der Waals surface area contributed by atoms with Gasteiger partial charge in [-0.3, -0.25) is 0 Å². The van der Waals surface area contributed by atoms with Crippen LogP contribution in [-0.2, 0) is 4.74 Å². The number of aliphatic hydroxyl groups is 2. The molecule has 2 unspecified atom stereocenters. The number of fused-ring (bicyclic) bond motifs is 3. The number of nitrogen functional groups attached to an aromatic ring is 1. The van der Waals surface area contributed by atoms with Crippen LogP contribution in [0.3, 0.4) is 0 Å². The van der Waals surface area contributed by atoms with E-state index >= 15 is 0 Å². The summed E-state index contributed by atoms with van der Waals surface area (Å²) in [6.45, 7) is -0.120. The third kappa shape index (κ3) is 4.23. The number of ether oxygens (including phenoxy) is 1. The van der Waals surface area contributed by atoms with Gasteiger partial charge in [-0.25, -0.2) is 9.18 Å². The summed E-state index contributed by atoms with van der Waals surface area (Å²) >= 11 is 0. The molecule has 0 saturated heterocycles. The van der Waals surface area contributed by atoms with Crippen LogP contribution in [0, 0.1) is 5.82 Å². The van der Waals surface area contributed by atoms with Crippen molar-refractivity contribution >= 4 is 11.8 Å². The van der Waals surface area contributed by atoms with Gasteiger partial charge in [0.2, 0.25) is 0 Å². The zero-order chi connectivity index (χ0) is 22.0. The van der Waals surface area contributed by atoms with Gasteiger partial charge in [-0.1, -0.05) is 54.6 Å². The van der Waals surface area contributed by atoms with Crippen molar-refractivity contribution in [1.82, 2.24) is 5.32 Å². The van der Waals surface area contributed by atoms with E-state index in [1.54, 1.807) is 0 Å². The van der Waals surface area contributed by atoms with Gasteiger partial charge in [0.15, 0.2) is 0 Å². The Bertz CT molecular complexity index is 1060. The highest BCUT2D eigenvalue weighted by Gasteiger charge is 2.29. The largest absolute Gasteiger partial charge is 0.449 e. The molecule has 0 aromatic heterocycles. The first-order valence-electron chi connectivity index (χ1n) is 9.95. The third-order valence-electron chi connectivity index (χ3n) is 5.53. The molecule has 0 bridgehead atoms. The Kier molecular flexibility index (Phi) is 5.88. The second kappa shape index (κ2) is 8.75. The average Bonchev–Trinajstić information content (AvgIpc) is 3.11. The fourth-order valence-electron chi connectivity index (χ4n) is 3.90. The van der Waals surface area contributed by atoms with E-state index in [1.807, 2.05) is 48.5 Å². The van der Waals surface area contributed by atoms with Crippen LogP contribution in [0.5, 0.6) is 0 Å². The molecule has 31 heavy (non-hydrogen) atoms. The molecule has 2 atom stereocenters. The van der Waals surface area contributed by atoms with Gasteiger partial charge in [0.25, 0.3) is 0 Å². The van der Waals surface area contributed by atoms with Gasteiger partial charge in [0.1, 0.15) is 24.6 Å². The summed E-state index contributed by atoms with van der Waals surface area (Å²) in [7, 11) is 0. The lowest BCUT2D eigenvalue weighted by Gasteiger charge is -2.19. The van der Waals surface area contributed by atoms with Crippen molar-refractivity contribution in [2.75, 3.05) is 18.9 Å². The maximum Gasteiger partial charge on any atom is 0.407 e. The number of carbonyl (C=O) groups excluding carboxylic acids is 1. The van der Waals surface area contributed by atoms with Crippen molar-refractivity contribution in [1.29, 1.82) is 0 Å². The van der Waals surface area contributed by atoms with E-state index < -0.39 is 24.1 Å². The fraction of sp³-hybridized carbons (Fsp3) is 0.208. The van der Waals surface area contributed by atoms with Gasteiger partial charge in [-0.05, 0) is 39.9 Å². The Labute approximate surface area is 179 Å². The summed E-state index contributed by atoms with van der Waals surface area (Å²) in [5.41, 5.74) is 9.96. The van der Waals surface area contributed by atoms with Gasteiger partial charge < -0.3 is 26.0 Å². The average molecular weight is 422 g/mol. The van der Waals surface area contributed by atoms with Crippen LogP contribution in [0.4, 0.5) is 14.9 Å². The number of amides is 1. The molecule has 5 N–H and O–H groups in total. The third-order valence-corrected chi connectivity index (χ3v) is 5.53. The van der Waals surface area contributed by atoms with Crippen LogP contribution in [0.2, 0.25) is 0 Å². The molecule has 0 saturated carbocycles. The Hall–Kier alpha value is -3.42. The minimum absolute atomic E-state index is 0.0535. The lowest BCUT2D eigenvalue weighted by molar-refractivity contribution is 0.0184. The number of halogens is 1. The predicted octanol–water partition coefficient (Wildman–Crippen LogP) is 3.34. The Morgan fingerprint density at radius 1 is 1.03 bits per heavy atom. The monoisotopic (exact) mass is 422 g/mol. The van der Waals surface area contributed by atoms with Crippen LogP contribution in [-0.4, -0.2) is 35.6 Å². The van der Waals surface area contributed by atoms with E-state index in [1.165, 1.54) is 12.1 Å². The van der Waals surface area contributed by atoms with Gasteiger partial charge in [0, 0.05) is 12.5 Å². The molecule has 0 heterocycles. The lowest BCUT2D eigenvalue weighted by Crippen LogP contribution is -2.36. The van der Waals surface area contributed by atoms with Crippen LogP contribution in [0.25, 0.3) is 11.1 Å². The normalized spacial score (nSPS) is 14.4. The molecular formula is C24H23FN2O4. The molecule has 0 radical (unpaired) electrons. The lowest BCUT2D eigenvalue weighted by atomic mass is 9.98. The number of nitrogens with one attached hydrogen (secondary N) is 1. The second-order valence-electron chi connectivity index (χ2n) is 7.50. The first-order valence-corrected chi connectivity index (χ1v) is 9.95. The van der Waals surface area contributed by atoms with Crippen molar-refractivity contribution in [2.24, 2.45) is 0 Å². The van der Waals surface area contributed by atoms with Crippen molar-refractivity contribution < 1.29 is 24.1 Å². The van der Waals surface area contributed by atoms with Crippen molar-refractivity contribution in [2.45, 2.75) is 18.1 Å². The van der Waals surface area contributed by atoms with E-state index in [0.29, 0.717) is 0 Å². The van der Waals surface area contributed by atoms with Gasteiger partial charge in [-0.2, -0.15) is 0 Å². The molecule has 6 nitrogen and oxygen atoms in total. The van der Waals surface area contributed by atoms with Crippen LogP contribution >= 0.6 is 0 Å². The Morgan fingerprint density at radius 2 is 1.65 bits per heavy atom. The Balaban J connectivity index is 1.34. The fourth-order valence-corrected chi connectivity index (χ4v) is 3.90. The number of aliphatic hydroxyl groups excluding tert-OH is 2. The molecule has 3 aromatic rings. The van der Waals surface area contributed by atoms with E-state index in [-0.39, 0.29) is 30.3 Å². The number of alkyl carbamates (subject to hydrolysis) is 1. The molecule has 1 aliphatic carbocycles. The minimum atomic E-state index is -1.39. The van der Waals surface area contributed by atoms with Crippen molar-refractivity contribution in [3.05, 3.63) is 89.2 Å². The predicted molar refractivity (Wildman–Crippen MR) is 115 cm³/mol.